The van der Waals surface area contributed by atoms with E-state index in [1.165, 1.54) is 0 Å². The van der Waals surface area contributed by atoms with Crippen molar-refractivity contribution in [1.29, 1.82) is 0 Å². The molecule has 204 valence electrons. The summed E-state index contributed by atoms with van der Waals surface area (Å²) in [6.45, 7) is 7.93. The molecule has 1 unspecified atom stereocenters. The van der Waals surface area contributed by atoms with Crippen molar-refractivity contribution in [3.8, 4) is 0 Å². The molecule has 39 heavy (non-hydrogen) atoms. The summed E-state index contributed by atoms with van der Waals surface area (Å²) in [7, 11) is 0. The van der Waals surface area contributed by atoms with Gasteiger partial charge in [0.05, 0.1) is 12.1 Å². The Morgan fingerprint density at radius 3 is 2.44 bits per heavy atom. The molecule has 0 spiro atoms. The van der Waals surface area contributed by atoms with Crippen molar-refractivity contribution < 1.29 is 4.79 Å². The first-order valence-corrected chi connectivity index (χ1v) is 13.8. The molecule has 0 aliphatic carbocycles. The fourth-order valence-electron chi connectivity index (χ4n) is 5.08. The van der Waals surface area contributed by atoms with Gasteiger partial charge in [-0.15, -0.1) is 0 Å². The molecule has 4 aromatic rings. The quantitative estimate of drug-likeness (QED) is 0.281. The molecule has 1 amide bonds. The smallest absolute Gasteiger partial charge is 0.280 e. The summed E-state index contributed by atoms with van der Waals surface area (Å²) in [4.78, 5) is 38.2. The number of rotatable bonds is 12. The van der Waals surface area contributed by atoms with Crippen LogP contribution in [0.15, 0.2) is 77.7 Å². The van der Waals surface area contributed by atoms with Gasteiger partial charge in [-0.25, -0.2) is 9.97 Å². The Hall–Kier alpha value is -3.84. The molecule has 0 radical (unpaired) electrons. The van der Waals surface area contributed by atoms with Gasteiger partial charge in [0.1, 0.15) is 5.82 Å². The second-order valence-electron chi connectivity index (χ2n) is 10.5. The Bertz CT molecular complexity index is 1430. The van der Waals surface area contributed by atoms with Gasteiger partial charge >= 0.3 is 0 Å². The molecule has 2 N–H and O–H groups in total. The number of aromatic nitrogens is 3. The second kappa shape index (κ2) is 13.3. The Labute approximate surface area is 230 Å². The van der Waals surface area contributed by atoms with E-state index >= 15 is 0 Å². The second-order valence-corrected chi connectivity index (χ2v) is 10.5. The first kappa shape index (κ1) is 28.2. The van der Waals surface area contributed by atoms with Crippen molar-refractivity contribution in [2.24, 2.45) is 11.7 Å². The summed E-state index contributed by atoms with van der Waals surface area (Å²) in [6, 6.07) is 21.4. The number of carbonyl (C=O) groups is 1. The molecule has 4 rings (SSSR count). The summed E-state index contributed by atoms with van der Waals surface area (Å²) in [6.07, 6.45) is 4.59. The van der Waals surface area contributed by atoms with E-state index in [4.69, 9.17) is 10.7 Å². The van der Waals surface area contributed by atoms with Crippen LogP contribution in [0.5, 0.6) is 0 Å². The van der Waals surface area contributed by atoms with E-state index < -0.39 is 0 Å². The number of pyridine rings is 1. The largest absolute Gasteiger partial charge is 0.335 e. The third kappa shape index (κ3) is 6.98. The molecule has 0 fully saturated rings. The molecule has 7 heteroatoms. The zero-order chi connectivity index (χ0) is 27.8. The minimum Gasteiger partial charge on any atom is -0.335 e. The first-order valence-electron chi connectivity index (χ1n) is 13.8. The van der Waals surface area contributed by atoms with Crippen LogP contribution >= 0.6 is 0 Å². The molecule has 2 aromatic carbocycles. The average molecular weight is 526 g/mol. The Kier molecular flexibility index (Phi) is 9.60. The van der Waals surface area contributed by atoms with Crippen LogP contribution in [-0.4, -0.2) is 44.5 Å². The van der Waals surface area contributed by atoms with Crippen LogP contribution in [0, 0.1) is 12.8 Å². The molecular formula is C32H39N5O2. The molecular weight excluding hydrogens is 486 g/mol. The van der Waals surface area contributed by atoms with Crippen LogP contribution in [0.1, 0.15) is 60.4 Å². The minimum atomic E-state index is -0.126. The van der Waals surface area contributed by atoms with E-state index in [1.54, 1.807) is 16.8 Å². The SMILES string of the molecule is Cc1ccc(C(=O)N(CCCN)C(CCCc2nc3cccnc3c(=O)n2Cc2ccccc2)C(C)C)cc1. The molecule has 2 heterocycles. The van der Waals surface area contributed by atoms with E-state index in [0.717, 1.165) is 36.2 Å². The normalized spacial score (nSPS) is 12.1. The number of hydrogen-bond donors (Lipinski definition) is 1. The van der Waals surface area contributed by atoms with Crippen LogP contribution < -0.4 is 11.3 Å². The Morgan fingerprint density at radius 1 is 1.00 bits per heavy atom. The van der Waals surface area contributed by atoms with Gasteiger partial charge in [-0.05, 0) is 68.5 Å². The summed E-state index contributed by atoms with van der Waals surface area (Å²) in [5.74, 6) is 1.04. The lowest BCUT2D eigenvalue weighted by Crippen LogP contribution is -2.44. The summed E-state index contributed by atoms with van der Waals surface area (Å²) < 4.78 is 1.75. The summed E-state index contributed by atoms with van der Waals surface area (Å²) in [5.41, 5.74) is 9.57. The number of benzene rings is 2. The van der Waals surface area contributed by atoms with Gasteiger partial charge in [0.15, 0.2) is 5.52 Å². The van der Waals surface area contributed by atoms with Gasteiger partial charge in [-0.3, -0.25) is 14.2 Å². The number of nitrogens with zero attached hydrogens (tertiary/aromatic N) is 4. The van der Waals surface area contributed by atoms with Gasteiger partial charge in [-0.1, -0.05) is 61.9 Å². The Morgan fingerprint density at radius 2 is 1.74 bits per heavy atom. The maximum Gasteiger partial charge on any atom is 0.280 e. The van der Waals surface area contributed by atoms with Crippen molar-refractivity contribution in [1.82, 2.24) is 19.4 Å². The van der Waals surface area contributed by atoms with E-state index in [2.05, 4.69) is 18.8 Å². The number of nitrogens with two attached hydrogens (primary N) is 1. The lowest BCUT2D eigenvalue weighted by molar-refractivity contribution is 0.0607. The zero-order valence-corrected chi connectivity index (χ0v) is 23.2. The maximum absolute atomic E-state index is 13.6. The van der Waals surface area contributed by atoms with Crippen LogP contribution in [0.4, 0.5) is 0 Å². The standard InChI is InChI=1S/C32H39N5O2/c1-23(2)28(36(21-9-19-33)31(38)26-17-15-24(3)16-18-26)13-7-14-29-35-27-12-8-20-34-30(27)32(39)37(29)22-25-10-5-4-6-11-25/h4-6,8,10-12,15-18,20,23,28H,7,9,13-14,19,21-22,33H2,1-3H3. The fraction of sp³-hybridized carbons (Fsp3) is 0.375. The number of hydrogen-bond acceptors (Lipinski definition) is 5. The van der Waals surface area contributed by atoms with Crippen LogP contribution in [0.3, 0.4) is 0 Å². The van der Waals surface area contributed by atoms with E-state index in [-0.39, 0.29) is 23.4 Å². The maximum atomic E-state index is 13.6. The average Bonchev–Trinajstić information content (AvgIpc) is 2.94. The van der Waals surface area contributed by atoms with Crippen LogP contribution in [0.2, 0.25) is 0 Å². The van der Waals surface area contributed by atoms with Crippen LogP contribution in [0.25, 0.3) is 11.0 Å². The highest BCUT2D eigenvalue weighted by atomic mass is 16.2. The zero-order valence-electron chi connectivity index (χ0n) is 23.2. The highest BCUT2D eigenvalue weighted by Gasteiger charge is 2.27. The van der Waals surface area contributed by atoms with E-state index in [9.17, 15) is 9.59 Å². The number of fused-ring (bicyclic) bond motifs is 1. The summed E-state index contributed by atoms with van der Waals surface area (Å²) in [5, 5.41) is 0. The number of aryl methyl sites for hydroxylation is 2. The third-order valence-electron chi connectivity index (χ3n) is 7.21. The molecule has 2 aromatic heterocycles. The molecule has 0 aliphatic rings. The fourth-order valence-corrected chi connectivity index (χ4v) is 5.08. The molecule has 7 nitrogen and oxygen atoms in total. The van der Waals surface area contributed by atoms with Crippen molar-refractivity contribution in [2.45, 2.75) is 59.0 Å². The van der Waals surface area contributed by atoms with E-state index in [0.29, 0.717) is 42.7 Å². The van der Waals surface area contributed by atoms with Crippen molar-refractivity contribution in [2.75, 3.05) is 13.1 Å². The van der Waals surface area contributed by atoms with Gasteiger partial charge in [-0.2, -0.15) is 0 Å². The van der Waals surface area contributed by atoms with Gasteiger partial charge in [0.2, 0.25) is 0 Å². The van der Waals surface area contributed by atoms with Gasteiger partial charge in [0.25, 0.3) is 11.5 Å². The first-order chi connectivity index (χ1) is 18.9. The predicted octanol–water partition coefficient (Wildman–Crippen LogP) is 4.99. The molecule has 0 saturated heterocycles. The lowest BCUT2D eigenvalue weighted by atomic mass is 9.95. The molecule has 0 bridgehead atoms. The monoisotopic (exact) mass is 525 g/mol. The van der Waals surface area contributed by atoms with Crippen LogP contribution in [-0.2, 0) is 13.0 Å². The number of carbonyl (C=O) groups excluding carboxylic acids is 1. The van der Waals surface area contributed by atoms with Crippen molar-refractivity contribution in [3.05, 3.63) is 106 Å². The predicted molar refractivity (Wildman–Crippen MR) is 157 cm³/mol. The van der Waals surface area contributed by atoms with Gasteiger partial charge in [0, 0.05) is 30.8 Å². The topological polar surface area (TPSA) is 94.1 Å². The number of amides is 1. The van der Waals surface area contributed by atoms with E-state index in [1.807, 2.05) is 72.5 Å². The van der Waals surface area contributed by atoms with Crippen molar-refractivity contribution in [3.63, 3.8) is 0 Å². The van der Waals surface area contributed by atoms with Crippen molar-refractivity contribution >= 4 is 16.9 Å². The lowest BCUT2D eigenvalue weighted by Gasteiger charge is -2.35. The highest BCUT2D eigenvalue weighted by Crippen LogP contribution is 2.22. The highest BCUT2D eigenvalue weighted by molar-refractivity contribution is 5.94. The Balaban J connectivity index is 1.59. The molecule has 0 saturated carbocycles. The molecule has 0 aliphatic heterocycles. The third-order valence-corrected chi connectivity index (χ3v) is 7.21. The van der Waals surface area contributed by atoms with Gasteiger partial charge < -0.3 is 10.6 Å². The molecule has 1 atom stereocenters. The summed E-state index contributed by atoms with van der Waals surface area (Å²) >= 11 is 0. The minimum absolute atomic E-state index is 0.0399.